The summed E-state index contributed by atoms with van der Waals surface area (Å²) in [6.07, 6.45) is 1.22. The summed E-state index contributed by atoms with van der Waals surface area (Å²) in [6.45, 7) is 3.95. The molecule has 0 fully saturated rings. The van der Waals surface area contributed by atoms with Gasteiger partial charge in [0, 0.05) is 33.0 Å². The summed E-state index contributed by atoms with van der Waals surface area (Å²) in [7, 11) is 1.00. The number of hydrogen-bond donors (Lipinski definition) is 3. The van der Waals surface area contributed by atoms with Gasteiger partial charge in [0.25, 0.3) is 0 Å². The minimum atomic E-state index is -0.135. The quantitative estimate of drug-likeness (QED) is 0.269. The van der Waals surface area contributed by atoms with Gasteiger partial charge in [0.15, 0.2) is 0 Å². The topological polar surface area (TPSA) is 120 Å². The zero-order valence-electron chi connectivity index (χ0n) is 12.7. The minimum Gasteiger partial charge on any atom is -0.400 e. The van der Waals surface area contributed by atoms with E-state index in [9.17, 15) is 9.59 Å². The molecule has 0 bridgehead atoms. The summed E-state index contributed by atoms with van der Waals surface area (Å²) in [5, 5.41) is 9.65. The van der Waals surface area contributed by atoms with Gasteiger partial charge in [-0.3, -0.25) is 4.79 Å². The minimum absolute atomic E-state index is 0.135. The molecule has 0 saturated carbocycles. The van der Waals surface area contributed by atoms with Crippen LogP contribution in [0.3, 0.4) is 0 Å². The van der Waals surface area contributed by atoms with Crippen molar-refractivity contribution in [2.24, 2.45) is 5.73 Å². The molecule has 0 aromatic heterocycles. The molecule has 0 unspecified atom stereocenters. The zero-order valence-corrected chi connectivity index (χ0v) is 12.7. The Hall–Kier alpha value is -1.06. The molecule has 0 aliphatic carbocycles. The highest BCUT2D eigenvalue weighted by molar-refractivity contribution is 5.77. The number of rotatable bonds is 14. The molecule has 0 saturated heterocycles. The van der Waals surface area contributed by atoms with Crippen LogP contribution in [0.5, 0.6) is 0 Å². The largest absolute Gasteiger partial charge is 0.400 e. The van der Waals surface area contributed by atoms with Crippen LogP contribution in [0.2, 0.25) is 0 Å². The van der Waals surface area contributed by atoms with E-state index in [0.29, 0.717) is 52.7 Å². The van der Waals surface area contributed by atoms with Gasteiger partial charge in [-0.05, 0) is 0 Å². The fourth-order valence-corrected chi connectivity index (χ4v) is 1.17. The van der Waals surface area contributed by atoms with Gasteiger partial charge < -0.3 is 35.2 Å². The third kappa shape index (κ3) is 21.4. The Labute approximate surface area is 125 Å². The van der Waals surface area contributed by atoms with Crippen molar-refractivity contribution in [2.45, 2.75) is 12.8 Å². The molecule has 8 nitrogen and oxygen atoms in total. The fraction of sp³-hybridized carbons (Fsp3) is 0.846. The summed E-state index contributed by atoms with van der Waals surface area (Å²) < 4.78 is 15.6. The van der Waals surface area contributed by atoms with E-state index in [2.05, 4.69) is 5.32 Å². The zero-order chi connectivity index (χ0) is 16.2. The lowest BCUT2D eigenvalue weighted by molar-refractivity contribution is -0.122. The number of nitrogens with one attached hydrogen (secondary N) is 1. The molecule has 21 heavy (non-hydrogen) atoms. The van der Waals surface area contributed by atoms with Crippen LogP contribution in [0.1, 0.15) is 12.8 Å². The maximum Gasteiger partial charge on any atom is 0.220 e. The second-order valence-corrected chi connectivity index (χ2v) is 3.68. The lowest BCUT2D eigenvalue weighted by Crippen LogP contribution is -2.27. The number of hydrogen-bond acceptors (Lipinski definition) is 7. The molecule has 4 N–H and O–H groups in total. The highest BCUT2D eigenvalue weighted by Gasteiger charge is 1.98. The van der Waals surface area contributed by atoms with Gasteiger partial charge in [-0.1, -0.05) is 0 Å². The number of carbonyl (C=O) groups is 2. The first-order valence-electron chi connectivity index (χ1n) is 6.89. The molecule has 8 heteroatoms. The Balaban J connectivity index is 0. The van der Waals surface area contributed by atoms with Crippen molar-refractivity contribution in [1.29, 1.82) is 0 Å². The summed E-state index contributed by atoms with van der Waals surface area (Å²) >= 11 is 0. The summed E-state index contributed by atoms with van der Waals surface area (Å²) in [5.41, 5.74) is 5.25. The van der Waals surface area contributed by atoms with Crippen LogP contribution >= 0.6 is 0 Å². The highest BCUT2D eigenvalue weighted by atomic mass is 16.5. The summed E-state index contributed by atoms with van der Waals surface area (Å²) in [6, 6.07) is 0. The summed E-state index contributed by atoms with van der Waals surface area (Å²) in [4.78, 5) is 21.1. The first-order valence-corrected chi connectivity index (χ1v) is 6.89. The maximum absolute atomic E-state index is 11.1. The number of amides is 1. The lowest BCUT2D eigenvalue weighted by Gasteiger charge is -2.07. The van der Waals surface area contributed by atoms with Crippen LogP contribution in [-0.2, 0) is 23.8 Å². The molecule has 0 spiro atoms. The van der Waals surface area contributed by atoms with E-state index in [0.717, 1.165) is 13.4 Å². The number of aliphatic hydroxyl groups is 1. The normalized spacial score (nSPS) is 9.67. The second-order valence-electron chi connectivity index (χ2n) is 3.68. The van der Waals surface area contributed by atoms with Crippen molar-refractivity contribution in [3.63, 3.8) is 0 Å². The van der Waals surface area contributed by atoms with Crippen molar-refractivity contribution < 1.29 is 28.9 Å². The predicted octanol–water partition coefficient (Wildman–Crippen LogP) is -1.30. The summed E-state index contributed by atoms with van der Waals surface area (Å²) in [5.74, 6) is -0.135. The molecule has 0 atom stereocenters. The SMILES string of the molecule is CO.NCCOCCOCCOCCNC(=O)CCC=O. The Morgan fingerprint density at radius 3 is 2.10 bits per heavy atom. The van der Waals surface area contributed by atoms with Crippen LogP contribution < -0.4 is 11.1 Å². The number of aliphatic hydroxyl groups excluding tert-OH is 1. The third-order valence-corrected chi connectivity index (χ3v) is 2.06. The lowest BCUT2D eigenvalue weighted by atomic mass is 10.3. The standard InChI is InChI=1S/C12H24N2O5.CH4O/c13-3-6-17-8-10-19-11-9-18-7-4-14-12(16)2-1-5-15;1-2/h5H,1-4,6-11,13H2,(H,14,16);2H,1H3. The Kier molecular flexibility index (Phi) is 22.5. The van der Waals surface area contributed by atoms with Crippen molar-refractivity contribution in [1.82, 2.24) is 5.32 Å². The number of aldehydes is 1. The van der Waals surface area contributed by atoms with Crippen molar-refractivity contribution in [3.8, 4) is 0 Å². The van der Waals surface area contributed by atoms with E-state index in [1.165, 1.54) is 0 Å². The van der Waals surface area contributed by atoms with E-state index in [1.54, 1.807) is 0 Å². The maximum atomic E-state index is 11.1. The fourth-order valence-electron chi connectivity index (χ4n) is 1.17. The number of nitrogens with two attached hydrogens (primary N) is 1. The van der Waals surface area contributed by atoms with Crippen molar-refractivity contribution >= 4 is 12.2 Å². The van der Waals surface area contributed by atoms with Gasteiger partial charge in [0.05, 0.1) is 39.6 Å². The Bertz CT molecular complexity index is 229. The molecular formula is C13H28N2O6. The molecule has 0 heterocycles. The highest BCUT2D eigenvalue weighted by Crippen LogP contribution is 1.84. The predicted molar refractivity (Wildman–Crippen MR) is 78.0 cm³/mol. The van der Waals surface area contributed by atoms with Crippen LogP contribution in [0.15, 0.2) is 0 Å². The van der Waals surface area contributed by atoms with Gasteiger partial charge in [0.1, 0.15) is 6.29 Å². The molecule has 0 rings (SSSR count). The molecule has 0 aromatic carbocycles. The number of carbonyl (C=O) groups excluding carboxylic acids is 2. The van der Waals surface area contributed by atoms with E-state index < -0.39 is 0 Å². The van der Waals surface area contributed by atoms with Crippen LogP contribution in [0.4, 0.5) is 0 Å². The van der Waals surface area contributed by atoms with E-state index in [-0.39, 0.29) is 18.7 Å². The van der Waals surface area contributed by atoms with E-state index >= 15 is 0 Å². The Morgan fingerprint density at radius 1 is 1.05 bits per heavy atom. The first-order chi connectivity index (χ1) is 10.3. The molecule has 1 amide bonds. The average Bonchev–Trinajstić information content (AvgIpc) is 2.52. The molecule has 0 aliphatic rings. The molecule has 0 radical (unpaired) electrons. The van der Waals surface area contributed by atoms with Gasteiger partial charge in [0.2, 0.25) is 5.91 Å². The third-order valence-electron chi connectivity index (χ3n) is 2.06. The molecule has 0 aliphatic heterocycles. The monoisotopic (exact) mass is 308 g/mol. The molecule has 126 valence electrons. The molecule has 0 aromatic rings. The van der Waals surface area contributed by atoms with Crippen molar-refractivity contribution in [2.75, 3.05) is 59.8 Å². The van der Waals surface area contributed by atoms with Gasteiger partial charge in [-0.2, -0.15) is 0 Å². The van der Waals surface area contributed by atoms with Crippen LogP contribution in [-0.4, -0.2) is 77.1 Å². The van der Waals surface area contributed by atoms with Gasteiger partial charge >= 0.3 is 0 Å². The van der Waals surface area contributed by atoms with E-state index in [4.69, 9.17) is 25.1 Å². The Morgan fingerprint density at radius 2 is 1.57 bits per heavy atom. The smallest absolute Gasteiger partial charge is 0.220 e. The average molecular weight is 308 g/mol. The van der Waals surface area contributed by atoms with E-state index in [1.807, 2.05) is 0 Å². The number of ether oxygens (including phenoxy) is 3. The van der Waals surface area contributed by atoms with Crippen LogP contribution in [0.25, 0.3) is 0 Å². The van der Waals surface area contributed by atoms with Gasteiger partial charge in [-0.25, -0.2) is 0 Å². The molecular weight excluding hydrogens is 280 g/mol. The second kappa shape index (κ2) is 21.2. The first kappa shape index (κ1) is 22.2. The van der Waals surface area contributed by atoms with Crippen molar-refractivity contribution in [3.05, 3.63) is 0 Å². The van der Waals surface area contributed by atoms with Gasteiger partial charge in [-0.15, -0.1) is 0 Å². The van der Waals surface area contributed by atoms with Crippen LogP contribution in [0, 0.1) is 0 Å².